The van der Waals surface area contributed by atoms with E-state index >= 15 is 0 Å². The number of benzene rings is 2. The summed E-state index contributed by atoms with van der Waals surface area (Å²) in [5.74, 6) is 2.01. The number of sulfonamides is 1. The number of hydrogen-bond acceptors (Lipinski definition) is 7. The SMILES string of the molecule is COc1cc(C)c(NC(=O)CCCCCNS(=O)(=O)c2ccc3c(c2)OCCO3)cc1OC. The van der Waals surface area contributed by atoms with Gasteiger partial charge in [-0.05, 0) is 43.5 Å². The highest BCUT2D eigenvalue weighted by molar-refractivity contribution is 7.89. The lowest BCUT2D eigenvalue weighted by Crippen LogP contribution is -2.25. The molecule has 9 nitrogen and oxygen atoms in total. The van der Waals surface area contributed by atoms with E-state index < -0.39 is 10.0 Å². The second kappa shape index (κ2) is 11.2. The second-order valence-electron chi connectivity index (χ2n) is 7.58. The minimum absolute atomic E-state index is 0.109. The van der Waals surface area contributed by atoms with Crippen molar-refractivity contribution in [3.05, 3.63) is 35.9 Å². The fraction of sp³-hybridized carbons (Fsp3) is 0.435. The van der Waals surface area contributed by atoms with Gasteiger partial charge in [0.2, 0.25) is 15.9 Å². The predicted octanol–water partition coefficient (Wildman–Crippen LogP) is 3.26. The summed E-state index contributed by atoms with van der Waals surface area (Å²) < 4.78 is 49.0. The van der Waals surface area contributed by atoms with Crippen LogP contribution in [0.4, 0.5) is 5.69 Å². The number of amides is 1. The van der Waals surface area contributed by atoms with Crippen LogP contribution >= 0.6 is 0 Å². The number of hydrogen-bond donors (Lipinski definition) is 2. The Balaban J connectivity index is 1.40. The van der Waals surface area contributed by atoms with Gasteiger partial charge in [-0.1, -0.05) is 6.42 Å². The molecule has 1 aliphatic heterocycles. The Morgan fingerprint density at radius 2 is 1.67 bits per heavy atom. The summed E-state index contributed by atoms with van der Waals surface area (Å²) in [6.45, 7) is 3.00. The molecule has 180 valence electrons. The highest BCUT2D eigenvalue weighted by atomic mass is 32.2. The first kappa shape index (κ1) is 24.7. The molecule has 0 aromatic heterocycles. The minimum Gasteiger partial charge on any atom is -0.493 e. The topological polar surface area (TPSA) is 112 Å². The minimum atomic E-state index is -3.64. The lowest BCUT2D eigenvalue weighted by molar-refractivity contribution is -0.116. The summed E-state index contributed by atoms with van der Waals surface area (Å²) in [4.78, 5) is 12.4. The summed E-state index contributed by atoms with van der Waals surface area (Å²) in [7, 11) is -0.538. The van der Waals surface area contributed by atoms with Gasteiger partial charge >= 0.3 is 0 Å². The lowest BCUT2D eigenvalue weighted by atomic mass is 10.1. The number of fused-ring (bicyclic) bond motifs is 1. The second-order valence-corrected chi connectivity index (χ2v) is 9.35. The van der Waals surface area contributed by atoms with Crippen LogP contribution < -0.4 is 29.0 Å². The Kier molecular flexibility index (Phi) is 8.40. The number of anilines is 1. The average Bonchev–Trinajstić information content (AvgIpc) is 2.81. The molecule has 2 N–H and O–H groups in total. The fourth-order valence-electron chi connectivity index (χ4n) is 3.40. The van der Waals surface area contributed by atoms with Crippen molar-refractivity contribution in [1.82, 2.24) is 4.72 Å². The van der Waals surface area contributed by atoms with E-state index in [2.05, 4.69) is 10.0 Å². The van der Waals surface area contributed by atoms with E-state index in [1.165, 1.54) is 12.1 Å². The molecular weight excluding hydrogens is 448 g/mol. The molecule has 0 spiro atoms. The van der Waals surface area contributed by atoms with Gasteiger partial charge in [-0.15, -0.1) is 0 Å². The molecule has 0 radical (unpaired) electrons. The maximum absolute atomic E-state index is 12.5. The lowest BCUT2D eigenvalue weighted by Gasteiger charge is -2.18. The van der Waals surface area contributed by atoms with Crippen molar-refractivity contribution in [3.63, 3.8) is 0 Å². The van der Waals surface area contributed by atoms with Gasteiger partial charge in [0.1, 0.15) is 13.2 Å². The molecule has 0 aliphatic carbocycles. The predicted molar refractivity (Wildman–Crippen MR) is 124 cm³/mol. The van der Waals surface area contributed by atoms with E-state index in [1.54, 1.807) is 26.4 Å². The maximum atomic E-state index is 12.5. The molecule has 0 atom stereocenters. The van der Waals surface area contributed by atoms with Crippen molar-refractivity contribution < 1.29 is 32.2 Å². The summed E-state index contributed by atoms with van der Waals surface area (Å²) in [6.07, 6.45) is 2.31. The van der Waals surface area contributed by atoms with E-state index in [9.17, 15) is 13.2 Å². The van der Waals surface area contributed by atoms with Crippen LogP contribution in [-0.2, 0) is 14.8 Å². The Morgan fingerprint density at radius 3 is 2.39 bits per heavy atom. The van der Waals surface area contributed by atoms with Crippen molar-refractivity contribution in [2.45, 2.75) is 37.5 Å². The maximum Gasteiger partial charge on any atom is 0.240 e. The summed E-state index contributed by atoms with van der Waals surface area (Å²) >= 11 is 0. The van der Waals surface area contributed by atoms with E-state index in [-0.39, 0.29) is 17.3 Å². The summed E-state index contributed by atoms with van der Waals surface area (Å²) in [5, 5.41) is 2.89. The molecule has 10 heteroatoms. The van der Waals surface area contributed by atoms with Crippen LogP contribution in [0.15, 0.2) is 35.2 Å². The molecule has 0 bridgehead atoms. The van der Waals surface area contributed by atoms with Crippen LogP contribution in [0.3, 0.4) is 0 Å². The Bertz CT molecular complexity index is 1090. The van der Waals surface area contributed by atoms with Gasteiger partial charge in [0.15, 0.2) is 23.0 Å². The zero-order valence-electron chi connectivity index (χ0n) is 19.1. The monoisotopic (exact) mass is 478 g/mol. The van der Waals surface area contributed by atoms with E-state index in [4.69, 9.17) is 18.9 Å². The standard InChI is InChI=1S/C23H30N2O7S/c1-16-13-20(29-2)21(30-3)15-18(16)25-23(26)7-5-4-6-10-24-33(27,28)17-8-9-19-22(14-17)32-12-11-31-19/h8-9,13-15,24H,4-7,10-12H2,1-3H3,(H,25,26). The molecule has 3 rings (SSSR count). The number of methoxy groups -OCH3 is 2. The van der Waals surface area contributed by atoms with Crippen molar-refractivity contribution in [2.24, 2.45) is 0 Å². The molecule has 1 aliphatic rings. The van der Waals surface area contributed by atoms with Crippen LogP contribution in [0.1, 0.15) is 31.2 Å². The fourth-order valence-corrected chi connectivity index (χ4v) is 4.49. The third kappa shape index (κ3) is 6.52. The highest BCUT2D eigenvalue weighted by Gasteiger charge is 2.19. The van der Waals surface area contributed by atoms with Gasteiger partial charge in [-0.2, -0.15) is 0 Å². The zero-order chi connectivity index (χ0) is 23.8. The molecule has 0 fully saturated rings. The molecule has 1 heterocycles. The number of nitrogens with one attached hydrogen (secondary N) is 2. The number of ether oxygens (including phenoxy) is 4. The molecule has 0 saturated carbocycles. The number of unbranched alkanes of at least 4 members (excludes halogenated alkanes) is 2. The van der Waals surface area contributed by atoms with Crippen LogP contribution in [0.2, 0.25) is 0 Å². The van der Waals surface area contributed by atoms with Crippen LogP contribution in [-0.4, -0.2) is 48.3 Å². The normalized spacial score (nSPS) is 12.8. The molecule has 2 aromatic carbocycles. The molecule has 2 aromatic rings. The Morgan fingerprint density at radius 1 is 0.970 bits per heavy atom. The van der Waals surface area contributed by atoms with Gasteiger partial charge < -0.3 is 24.3 Å². The summed E-state index contributed by atoms with van der Waals surface area (Å²) in [5.41, 5.74) is 1.54. The molecule has 0 unspecified atom stereocenters. The first-order valence-electron chi connectivity index (χ1n) is 10.8. The molecule has 1 amide bonds. The van der Waals surface area contributed by atoms with Crippen molar-refractivity contribution in [3.8, 4) is 23.0 Å². The largest absolute Gasteiger partial charge is 0.493 e. The van der Waals surface area contributed by atoms with Crippen LogP contribution in [0.25, 0.3) is 0 Å². The quantitative estimate of drug-likeness (QED) is 0.477. The van der Waals surface area contributed by atoms with Crippen molar-refractivity contribution in [1.29, 1.82) is 0 Å². The molecular formula is C23H30N2O7S. The van der Waals surface area contributed by atoms with Crippen LogP contribution in [0.5, 0.6) is 23.0 Å². The summed E-state index contributed by atoms with van der Waals surface area (Å²) in [6, 6.07) is 8.11. The van der Waals surface area contributed by atoms with E-state index in [0.29, 0.717) is 67.6 Å². The van der Waals surface area contributed by atoms with E-state index in [1.807, 2.05) is 13.0 Å². The Labute approximate surface area is 194 Å². The number of carbonyl (C=O) groups excluding carboxylic acids is 1. The number of aryl methyl sites for hydroxylation is 1. The average molecular weight is 479 g/mol. The van der Waals surface area contributed by atoms with Gasteiger partial charge in [0.05, 0.1) is 19.1 Å². The van der Waals surface area contributed by atoms with Gasteiger partial charge in [0, 0.05) is 30.8 Å². The van der Waals surface area contributed by atoms with Gasteiger partial charge in [0.25, 0.3) is 0 Å². The van der Waals surface area contributed by atoms with Crippen molar-refractivity contribution >= 4 is 21.6 Å². The van der Waals surface area contributed by atoms with Crippen LogP contribution in [0, 0.1) is 6.92 Å². The highest BCUT2D eigenvalue weighted by Crippen LogP contribution is 2.33. The van der Waals surface area contributed by atoms with Crippen molar-refractivity contribution in [2.75, 3.05) is 39.3 Å². The third-order valence-corrected chi connectivity index (χ3v) is 6.66. The van der Waals surface area contributed by atoms with E-state index in [0.717, 1.165) is 5.56 Å². The molecule has 33 heavy (non-hydrogen) atoms. The first-order valence-corrected chi connectivity index (χ1v) is 12.2. The molecule has 0 saturated heterocycles. The smallest absolute Gasteiger partial charge is 0.240 e. The van der Waals surface area contributed by atoms with Gasteiger partial charge in [-0.3, -0.25) is 4.79 Å². The number of rotatable bonds is 11. The Hall–Kier alpha value is -2.98. The number of carbonyl (C=O) groups is 1. The van der Waals surface area contributed by atoms with Gasteiger partial charge in [-0.25, -0.2) is 13.1 Å². The third-order valence-electron chi connectivity index (χ3n) is 5.20. The first-order chi connectivity index (χ1) is 15.8. The zero-order valence-corrected chi connectivity index (χ0v) is 19.9.